The fourth-order valence-electron chi connectivity index (χ4n) is 5.16. The third-order valence-corrected chi connectivity index (χ3v) is 7.51. The van der Waals surface area contributed by atoms with Gasteiger partial charge in [0.1, 0.15) is 18.0 Å². The van der Waals surface area contributed by atoms with Crippen LogP contribution in [0.5, 0.6) is 0 Å². The van der Waals surface area contributed by atoms with Gasteiger partial charge in [0.15, 0.2) is 0 Å². The van der Waals surface area contributed by atoms with Crippen LogP contribution in [0.25, 0.3) is 0 Å². The first-order valence-corrected chi connectivity index (χ1v) is 14.0. The molecule has 3 fully saturated rings. The molecule has 1 aromatic heterocycles. The van der Waals surface area contributed by atoms with Gasteiger partial charge in [-0.2, -0.15) is 4.98 Å². The van der Waals surface area contributed by atoms with Gasteiger partial charge in [-0.15, -0.1) is 0 Å². The molecule has 2 aromatic rings. The number of benzene rings is 1. The Morgan fingerprint density at radius 2 is 1.77 bits per heavy atom. The van der Waals surface area contributed by atoms with Crippen molar-refractivity contribution in [2.45, 2.75) is 64.6 Å². The van der Waals surface area contributed by atoms with E-state index in [2.05, 4.69) is 51.4 Å². The molecule has 2 atom stereocenters. The van der Waals surface area contributed by atoms with E-state index in [9.17, 15) is 9.59 Å². The summed E-state index contributed by atoms with van der Waals surface area (Å²) < 4.78 is 10.6. The first-order chi connectivity index (χ1) is 18.7. The monoisotopic (exact) mass is 536 g/mol. The van der Waals surface area contributed by atoms with Gasteiger partial charge in [0.05, 0.1) is 12.6 Å². The minimum atomic E-state index is -0.479. The molecule has 210 valence electrons. The van der Waals surface area contributed by atoms with E-state index in [1.807, 2.05) is 25.7 Å². The molecule has 10 nitrogen and oxygen atoms in total. The van der Waals surface area contributed by atoms with Crippen LogP contribution in [-0.2, 0) is 9.47 Å². The number of cyclic esters (lactones) is 1. The maximum absolute atomic E-state index is 12.5. The molecule has 2 aliphatic heterocycles. The van der Waals surface area contributed by atoms with E-state index in [4.69, 9.17) is 9.47 Å². The number of carbonyl (C=O) groups is 2. The lowest BCUT2D eigenvalue weighted by Gasteiger charge is -2.40. The van der Waals surface area contributed by atoms with Crippen LogP contribution in [0.3, 0.4) is 0 Å². The molecule has 0 spiro atoms. The van der Waals surface area contributed by atoms with Crippen molar-refractivity contribution < 1.29 is 19.1 Å². The number of piperazine rings is 1. The zero-order valence-electron chi connectivity index (χ0n) is 23.4. The normalized spacial score (nSPS) is 19.9. The molecule has 0 radical (unpaired) electrons. The van der Waals surface area contributed by atoms with E-state index < -0.39 is 5.60 Å². The lowest BCUT2D eigenvalue weighted by atomic mass is 9.96. The summed E-state index contributed by atoms with van der Waals surface area (Å²) in [6, 6.07) is 10.9. The summed E-state index contributed by atoms with van der Waals surface area (Å²) in [4.78, 5) is 39.1. The Hall–Kier alpha value is -3.40. The number of anilines is 2. The zero-order chi connectivity index (χ0) is 27.6. The predicted molar refractivity (Wildman–Crippen MR) is 149 cm³/mol. The number of carbonyl (C=O) groups excluding carboxylic acids is 2. The van der Waals surface area contributed by atoms with Gasteiger partial charge in [0.2, 0.25) is 5.95 Å². The largest absolute Gasteiger partial charge is 0.447 e. The molecule has 1 saturated carbocycles. The molecule has 3 heterocycles. The summed E-state index contributed by atoms with van der Waals surface area (Å²) in [5.74, 6) is 1.79. The van der Waals surface area contributed by atoms with Crippen molar-refractivity contribution in [1.29, 1.82) is 0 Å². The Balaban J connectivity index is 1.21. The fraction of sp³-hybridized carbons (Fsp3) is 0.586. The van der Waals surface area contributed by atoms with Crippen molar-refractivity contribution in [3.63, 3.8) is 0 Å². The van der Waals surface area contributed by atoms with Crippen molar-refractivity contribution in [3.05, 3.63) is 47.7 Å². The van der Waals surface area contributed by atoms with Crippen LogP contribution in [0.4, 0.5) is 21.4 Å². The number of nitrogens with one attached hydrogen (secondary N) is 1. The summed E-state index contributed by atoms with van der Waals surface area (Å²) in [5.41, 5.74) is 1.97. The molecule has 1 N–H and O–H groups in total. The van der Waals surface area contributed by atoms with Crippen molar-refractivity contribution in [2.75, 3.05) is 49.5 Å². The maximum Gasteiger partial charge on any atom is 0.415 e. The molecule has 0 bridgehead atoms. The van der Waals surface area contributed by atoms with Gasteiger partial charge < -0.3 is 19.7 Å². The zero-order valence-corrected chi connectivity index (χ0v) is 23.4. The highest BCUT2D eigenvalue weighted by molar-refractivity contribution is 5.88. The van der Waals surface area contributed by atoms with Crippen LogP contribution in [0.15, 0.2) is 36.5 Å². The van der Waals surface area contributed by atoms with E-state index in [1.54, 1.807) is 12.3 Å². The van der Waals surface area contributed by atoms with Crippen LogP contribution in [0.2, 0.25) is 0 Å². The number of aromatic nitrogens is 2. The molecular formula is C29H40N6O4. The Kier molecular flexibility index (Phi) is 7.93. The average Bonchev–Trinajstić information content (AvgIpc) is 3.63. The molecule has 1 aromatic carbocycles. The Bertz CT molecular complexity index is 1160. The molecule has 3 aliphatic rings. The average molecular weight is 537 g/mol. The van der Waals surface area contributed by atoms with Gasteiger partial charge in [-0.1, -0.05) is 37.1 Å². The van der Waals surface area contributed by atoms with Gasteiger partial charge in [-0.25, -0.2) is 14.6 Å². The predicted octanol–water partition coefficient (Wildman–Crippen LogP) is 5.00. The van der Waals surface area contributed by atoms with Crippen molar-refractivity contribution in [2.24, 2.45) is 5.92 Å². The van der Waals surface area contributed by atoms with Crippen molar-refractivity contribution in [3.8, 4) is 0 Å². The Morgan fingerprint density at radius 1 is 1.08 bits per heavy atom. The summed E-state index contributed by atoms with van der Waals surface area (Å²) in [5, 5.41) is 3.36. The summed E-state index contributed by atoms with van der Waals surface area (Å²) >= 11 is 0. The Labute approximate surface area is 230 Å². The van der Waals surface area contributed by atoms with Gasteiger partial charge >= 0.3 is 12.2 Å². The molecular weight excluding hydrogens is 496 g/mol. The standard InChI is InChI=1S/C29H40N6O4/c1-20(31-26-30-12-11-25(32-26)35-17-18-38-28(35)37)22-7-9-23(10-8-22)24(19-21-5-6-21)33-13-15-34(16-14-33)27(36)39-29(2,3)4/h7-12,20-21,24H,5-6,13-19H2,1-4H3,(H,30,31,32)/t20-,24?/m0/s1. The first kappa shape index (κ1) is 27.2. The quantitative estimate of drug-likeness (QED) is 0.503. The molecule has 5 rings (SSSR count). The van der Waals surface area contributed by atoms with Crippen molar-refractivity contribution in [1.82, 2.24) is 19.8 Å². The van der Waals surface area contributed by atoms with E-state index in [-0.39, 0.29) is 18.2 Å². The molecule has 1 aliphatic carbocycles. The smallest absolute Gasteiger partial charge is 0.415 e. The Morgan fingerprint density at radius 3 is 2.38 bits per heavy atom. The number of rotatable bonds is 8. The summed E-state index contributed by atoms with van der Waals surface area (Å²) in [7, 11) is 0. The van der Waals surface area contributed by atoms with Crippen LogP contribution in [0.1, 0.15) is 70.2 Å². The van der Waals surface area contributed by atoms with Gasteiger partial charge in [0, 0.05) is 38.4 Å². The van der Waals surface area contributed by atoms with E-state index in [0.717, 1.165) is 31.0 Å². The third kappa shape index (κ3) is 6.98. The van der Waals surface area contributed by atoms with Crippen LogP contribution in [0, 0.1) is 5.92 Å². The second-order valence-electron chi connectivity index (χ2n) is 11.7. The highest BCUT2D eigenvalue weighted by Crippen LogP contribution is 2.40. The SMILES string of the molecule is C[C@H](Nc1nccc(N2CCOC2=O)n1)c1ccc(C(CC2CC2)N2CCN(C(=O)OC(C)(C)C)CC2)cc1. The summed E-state index contributed by atoms with van der Waals surface area (Å²) in [6.45, 7) is 11.7. The highest BCUT2D eigenvalue weighted by atomic mass is 16.6. The topological polar surface area (TPSA) is 100 Å². The maximum atomic E-state index is 12.5. The molecule has 2 amide bonds. The minimum absolute atomic E-state index is 0.0147. The van der Waals surface area contributed by atoms with Gasteiger partial charge in [-0.05, 0) is 57.2 Å². The fourth-order valence-corrected chi connectivity index (χ4v) is 5.16. The number of ether oxygens (including phenoxy) is 2. The van der Waals surface area contributed by atoms with E-state index in [1.165, 1.54) is 23.3 Å². The number of hydrogen-bond donors (Lipinski definition) is 1. The lowest BCUT2D eigenvalue weighted by Crippen LogP contribution is -2.50. The number of hydrogen-bond acceptors (Lipinski definition) is 8. The second-order valence-corrected chi connectivity index (χ2v) is 11.7. The molecule has 2 saturated heterocycles. The number of amides is 2. The van der Waals surface area contributed by atoms with E-state index >= 15 is 0 Å². The van der Waals surface area contributed by atoms with Crippen molar-refractivity contribution >= 4 is 24.0 Å². The summed E-state index contributed by atoms with van der Waals surface area (Å²) in [6.07, 6.45) is 4.82. The molecule has 39 heavy (non-hydrogen) atoms. The number of nitrogens with zero attached hydrogens (tertiary/aromatic N) is 5. The second kappa shape index (κ2) is 11.4. The van der Waals surface area contributed by atoms with Crippen LogP contribution in [-0.4, -0.2) is 76.9 Å². The van der Waals surface area contributed by atoms with Gasteiger partial charge in [0.25, 0.3) is 0 Å². The van der Waals surface area contributed by atoms with Crippen LogP contribution < -0.4 is 10.2 Å². The first-order valence-electron chi connectivity index (χ1n) is 14.0. The lowest BCUT2D eigenvalue weighted by molar-refractivity contribution is 0.00941. The minimum Gasteiger partial charge on any atom is -0.447 e. The van der Waals surface area contributed by atoms with Gasteiger partial charge in [-0.3, -0.25) is 9.80 Å². The molecule has 10 heteroatoms. The third-order valence-electron chi connectivity index (χ3n) is 7.51. The van der Waals surface area contributed by atoms with E-state index in [0.29, 0.717) is 44.0 Å². The highest BCUT2D eigenvalue weighted by Gasteiger charge is 2.33. The van der Waals surface area contributed by atoms with Crippen LogP contribution >= 0.6 is 0 Å². The molecule has 1 unspecified atom stereocenters.